The topological polar surface area (TPSA) is 20.2 Å². The van der Waals surface area contributed by atoms with Crippen LogP contribution in [0.5, 0.6) is 0 Å². The van der Waals surface area contributed by atoms with Gasteiger partial charge in [-0.15, -0.1) is 0 Å². The number of hydrogen-bond acceptors (Lipinski definition) is 1. The molecule has 0 amide bonds. The van der Waals surface area contributed by atoms with E-state index in [4.69, 9.17) is 0 Å². The summed E-state index contributed by atoms with van der Waals surface area (Å²) in [6.45, 7) is 6.50. The fourth-order valence-electron chi connectivity index (χ4n) is 3.43. The standard InChI is InChI=1S/C22H46O/c1-4-7-8-9-10-11-12-13-14-15-16-17-18-19-20-21-22(23,5-2)6-3/h23H,4-21H2,1-3H3. The SMILES string of the molecule is CCCCCCCCCCCCCCCCCC(O)(CC)CC. The van der Waals surface area contributed by atoms with Gasteiger partial charge in [0.05, 0.1) is 5.60 Å². The lowest BCUT2D eigenvalue weighted by molar-refractivity contribution is 0.0211. The van der Waals surface area contributed by atoms with Crippen LogP contribution < -0.4 is 0 Å². The smallest absolute Gasteiger partial charge is 0.0642 e. The zero-order valence-corrected chi connectivity index (χ0v) is 16.7. The van der Waals surface area contributed by atoms with E-state index in [2.05, 4.69) is 20.8 Å². The van der Waals surface area contributed by atoms with Crippen molar-refractivity contribution < 1.29 is 5.11 Å². The van der Waals surface area contributed by atoms with E-state index in [0.29, 0.717) is 0 Å². The molecule has 0 unspecified atom stereocenters. The van der Waals surface area contributed by atoms with E-state index in [1.807, 2.05) is 0 Å². The molecule has 1 nitrogen and oxygen atoms in total. The van der Waals surface area contributed by atoms with Crippen LogP contribution in [-0.2, 0) is 0 Å². The molecule has 0 aliphatic carbocycles. The minimum absolute atomic E-state index is 0.378. The summed E-state index contributed by atoms with van der Waals surface area (Å²) in [5, 5.41) is 10.2. The molecule has 23 heavy (non-hydrogen) atoms. The predicted octanol–water partition coefficient (Wildman–Crippen LogP) is 7.80. The summed E-state index contributed by atoms with van der Waals surface area (Å²) < 4.78 is 0. The second-order valence-corrected chi connectivity index (χ2v) is 7.63. The zero-order chi connectivity index (χ0) is 17.2. The summed E-state index contributed by atoms with van der Waals surface area (Å²) in [7, 11) is 0. The molecule has 0 bridgehead atoms. The Balaban J connectivity index is 3.14. The van der Waals surface area contributed by atoms with Crippen molar-refractivity contribution in [2.75, 3.05) is 0 Å². The Kier molecular flexibility index (Phi) is 16.8. The molecular weight excluding hydrogens is 280 g/mol. The number of hydrogen-bond donors (Lipinski definition) is 1. The molecule has 0 aliphatic rings. The highest BCUT2D eigenvalue weighted by atomic mass is 16.3. The number of aliphatic hydroxyl groups is 1. The van der Waals surface area contributed by atoms with Crippen molar-refractivity contribution >= 4 is 0 Å². The number of unbranched alkanes of at least 4 members (excludes halogenated alkanes) is 14. The fraction of sp³-hybridized carbons (Fsp3) is 1.00. The lowest BCUT2D eigenvalue weighted by Crippen LogP contribution is -2.26. The van der Waals surface area contributed by atoms with Gasteiger partial charge in [-0.2, -0.15) is 0 Å². The highest BCUT2D eigenvalue weighted by molar-refractivity contribution is 4.74. The van der Waals surface area contributed by atoms with E-state index in [9.17, 15) is 5.11 Å². The van der Waals surface area contributed by atoms with Crippen LogP contribution in [0, 0.1) is 0 Å². The normalized spacial score (nSPS) is 12.0. The maximum absolute atomic E-state index is 10.2. The van der Waals surface area contributed by atoms with Gasteiger partial charge in [-0.1, -0.05) is 117 Å². The fourth-order valence-corrected chi connectivity index (χ4v) is 3.43. The van der Waals surface area contributed by atoms with Crippen molar-refractivity contribution in [3.8, 4) is 0 Å². The van der Waals surface area contributed by atoms with Gasteiger partial charge in [-0.3, -0.25) is 0 Å². The first kappa shape index (κ1) is 23.0. The maximum Gasteiger partial charge on any atom is 0.0642 e. The molecular formula is C22H46O. The van der Waals surface area contributed by atoms with E-state index in [1.165, 1.54) is 96.3 Å². The first-order valence-electron chi connectivity index (χ1n) is 10.9. The van der Waals surface area contributed by atoms with Crippen LogP contribution in [0.3, 0.4) is 0 Å². The highest BCUT2D eigenvalue weighted by Crippen LogP contribution is 2.23. The summed E-state index contributed by atoms with van der Waals surface area (Å²) in [5.41, 5.74) is -0.378. The highest BCUT2D eigenvalue weighted by Gasteiger charge is 2.20. The third-order valence-electron chi connectivity index (χ3n) is 5.56. The molecule has 1 heteroatoms. The minimum atomic E-state index is -0.378. The molecule has 0 saturated heterocycles. The summed E-state index contributed by atoms with van der Waals surface area (Å²) in [6.07, 6.45) is 23.9. The summed E-state index contributed by atoms with van der Waals surface area (Å²) in [4.78, 5) is 0. The summed E-state index contributed by atoms with van der Waals surface area (Å²) >= 11 is 0. The maximum atomic E-state index is 10.2. The van der Waals surface area contributed by atoms with Crippen molar-refractivity contribution in [1.29, 1.82) is 0 Å². The Morgan fingerprint density at radius 2 is 0.783 bits per heavy atom. The molecule has 0 heterocycles. The van der Waals surface area contributed by atoms with Crippen LogP contribution in [-0.4, -0.2) is 10.7 Å². The molecule has 0 atom stereocenters. The first-order chi connectivity index (χ1) is 11.2. The van der Waals surface area contributed by atoms with Gasteiger partial charge in [0.15, 0.2) is 0 Å². The Morgan fingerprint density at radius 3 is 1.09 bits per heavy atom. The minimum Gasteiger partial charge on any atom is -0.390 e. The molecule has 0 rings (SSSR count). The van der Waals surface area contributed by atoms with E-state index in [-0.39, 0.29) is 5.60 Å². The molecule has 0 radical (unpaired) electrons. The average molecular weight is 327 g/mol. The van der Waals surface area contributed by atoms with Gasteiger partial charge < -0.3 is 5.11 Å². The van der Waals surface area contributed by atoms with E-state index in [0.717, 1.165) is 19.3 Å². The summed E-state index contributed by atoms with van der Waals surface area (Å²) in [6, 6.07) is 0. The average Bonchev–Trinajstić information content (AvgIpc) is 2.58. The van der Waals surface area contributed by atoms with Gasteiger partial charge in [0.2, 0.25) is 0 Å². The largest absolute Gasteiger partial charge is 0.390 e. The first-order valence-corrected chi connectivity index (χ1v) is 10.9. The molecule has 0 aromatic heterocycles. The van der Waals surface area contributed by atoms with Gasteiger partial charge in [-0.25, -0.2) is 0 Å². The van der Waals surface area contributed by atoms with Crippen molar-refractivity contribution in [2.45, 2.75) is 142 Å². The van der Waals surface area contributed by atoms with Crippen LogP contribution in [0.4, 0.5) is 0 Å². The van der Waals surface area contributed by atoms with Crippen LogP contribution in [0.15, 0.2) is 0 Å². The zero-order valence-electron chi connectivity index (χ0n) is 16.7. The molecule has 1 N–H and O–H groups in total. The van der Waals surface area contributed by atoms with Gasteiger partial charge in [-0.05, 0) is 19.3 Å². The molecule has 0 fully saturated rings. The molecule has 140 valence electrons. The molecule has 0 aliphatic heterocycles. The molecule has 0 aromatic rings. The second-order valence-electron chi connectivity index (χ2n) is 7.63. The Morgan fingerprint density at radius 1 is 0.478 bits per heavy atom. The molecule has 0 aromatic carbocycles. The molecule has 0 saturated carbocycles. The van der Waals surface area contributed by atoms with Gasteiger partial charge in [0.25, 0.3) is 0 Å². The van der Waals surface area contributed by atoms with Crippen LogP contribution in [0.25, 0.3) is 0 Å². The lowest BCUT2D eigenvalue weighted by Gasteiger charge is -2.24. The van der Waals surface area contributed by atoms with Crippen molar-refractivity contribution in [2.24, 2.45) is 0 Å². The lowest BCUT2D eigenvalue weighted by atomic mass is 9.90. The van der Waals surface area contributed by atoms with Crippen LogP contribution in [0.1, 0.15) is 136 Å². The quantitative estimate of drug-likeness (QED) is 0.255. The Labute approximate surface area is 147 Å². The third kappa shape index (κ3) is 15.2. The second kappa shape index (κ2) is 16.8. The van der Waals surface area contributed by atoms with Crippen LogP contribution >= 0.6 is 0 Å². The Bertz CT molecular complexity index is 220. The van der Waals surface area contributed by atoms with E-state index in [1.54, 1.807) is 0 Å². The number of rotatable bonds is 18. The van der Waals surface area contributed by atoms with Gasteiger partial charge >= 0.3 is 0 Å². The van der Waals surface area contributed by atoms with Crippen molar-refractivity contribution in [3.05, 3.63) is 0 Å². The van der Waals surface area contributed by atoms with Gasteiger partial charge in [0, 0.05) is 0 Å². The van der Waals surface area contributed by atoms with Gasteiger partial charge in [0.1, 0.15) is 0 Å². The van der Waals surface area contributed by atoms with Crippen molar-refractivity contribution in [1.82, 2.24) is 0 Å². The van der Waals surface area contributed by atoms with E-state index < -0.39 is 0 Å². The monoisotopic (exact) mass is 326 g/mol. The van der Waals surface area contributed by atoms with E-state index >= 15 is 0 Å². The summed E-state index contributed by atoms with van der Waals surface area (Å²) in [5.74, 6) is 0. The Hall–Kier alpha value is -0.0400. The van der Waals surface area contributed by atoms with Crippen LogP contribution in [0.2, 0.25) is 0 Å². The third-order valence-corrected chi connectivity index (χ3v) is 5.56. The molecule has 0 spiro atoms. The van der Waals surface area contributed by atoms with Crippen molar-refractivity contribution in [3.63, 3.8) is 0 Å². The predicted molar refractivity (Wildman–Crippen MR) is 105 cm³/mol.